The largest absolute Gasteiger partial charge is 0.395 e. The van der Waals surface area contributed by atoms with Crippen molar-refractivity contribution in [3.63, 3.8) is 0 Å². The standard InChI is InChI=1S/C10H17BrN2OS/c1-7(12)10(13(2)3-4-14)9-5-8(11)6-15-9/h5-7,10,14H,3-4,12H2,1-2H3. The average molecular weight is 293 g/mol. The van der Waals surface area contributed by atoms with Crippen LogP contribution >= 0.6 is 27.3 Å². The number of likely N-dealkylation sites (N-methyl/N-ethyl adjacent to an activating group) is 1. The van der Waals surface area contributed by atoms with E-state index in [4.69, 9.17) is 10.8 Å². The van der Waals surface area contributed by atoms with Crippen LogP contribution in [-0.2, 0) is 0 Å². The second kappa shape index (κ2) is 5.96. The Morgan fingerprint density at radius 3 is 2.73 bits per heavy atom. The Kier molecular flexibility index (Phi) is 5.22. The smallest absolute Gasteiger partial charge is 0.0589 e. The molecule has 1 aromatic heterocycles. The molecule has 3 N–H and O–H groups in total. The molecule has 0 spiro atoms. The molecule has 0 amide bonds. The Morgan fingerprint density at radius 1 is 1.67 bits per heavy atom. The van der Waals surface area contributed by atoms with Gasteiger partial charge in [0.2, 0.25) is 0 Å². The second-order valence-electron chi connectivity index (χ2n) is 3.68. The fraction of sp³-hybridized carbons (Fsp3) is 0.600. The van der Waals surface area contributed by atoms with Gasteiger partial charge in [-0.25, -0.2) is 0 Å². The molecule has 2 unspecified atom stereocenters. The third-order valence-corrected chi connectivity index (χ3v) is 4.07. The van der Waals surface area contributed by atoms with Crippen molar-refractivity contribution in [1.29, 1.82) is 0 Å². The summed E-state index contributed by atoms with van der Waals surface area (Å²) in [5, 5.41) is 11.0. The highest BCUT2D eigenvalue weighted by Gasteiger charge is 2.22. The Bertz CT molecular complexity index is 303. The minimum absolute atomic E-state index is 0.0482. The van der Waals surface area contributed by atoms with E-state index in [1.54, 1.807) is 11.3 Å². The first-order chi connectivity index (χ1) is 7.06. The fourth-order valence-corrected chi connectivity index (χ4v) is 3.38. The Morgan fingerprint density at radius 2 is 2.33 bits per heavy atom. The molecule has 0 aromatic carbocycles. The van der Waals surface area contributed by atoms with Crippen LogP contribution in [0.4, 0.5) is 0 Å². The number of hydrogen-bond acceptors (Lipinski definition) is 4. The molecule has 1 rings (SSSR count). The molecular formula is C10H17BrN2OS. The van der Waals surface area contributed by atoms with Crippen LogP contribution in [0, 0.1) is 0 Å². The number of aliphatic hydroxyl groups excluding tert-OH is 1. The summed E-state index contributed by atoms with van der Waals surface area (Å²) in [6.07, 6.45) is 0. The number of hydrogen-bond donors (Lipinski definition) is 2. The maximum atomic E-state index is 8.93. The van der Waals surface area contributed by atoms with Crippen molar-refractivity contribution in [2.75, 3.05) is 20.2 Å². The summed E-state index contributed by atoms with van der Waals surface area (Å²) < 4.78 is 1.09. The average Bonchev–Trinajstić information content (AvgIpc) is 2.51. The van der Waals surface area contributed by atoms with Crippen molar-refractivity contribution < 1.29 is 5.11 Å². The molecule has 0 aliphatic heterocycles. The van der Waals surface area contributed by atoms with E-state index in [0.717, 1.165) is 4.47 Å². The Labute approximate surface area is 103 Å². The van der Waals surface area contributed by atoms with Crippen molar-refractivity contribution in [1.82, 2.24) is 4.90 Å². The summed E-state index contributed by atoms with van der Waals surface area (Å²) in [5.74, 6) is 0. The molecule has 2 atom stereocenters. The molecule has 0 saturated carbocycles. The minimum Gasteiger partial charge on any atom is -0.395 e. The van der Waals surface area contributed by atoms with Crippen molar-refractivity contribution in [3.8, 4) is 0 Å². The molecule has 0 aliphatic carbocycles. The molecule has 3 nitrogen and oxygen atoms in total. The molecule has 0 fully saturated rings. The highest BCUT2D eigenvalue weighted by atomic mass is 79.9. The van der Waals surface area contributed by atoms with Crippen LogP contribution in [0.5, 0.6) is 0 Å². The highest BCUT2D eigenvalue weighted by molar-refractivity contribution is 9.10. The van der Waals surface area contributed by atoms with Crippen molar-refractivity contribution in [3.05, 3.63) is 20.8 Å². The van der Waals surface area contributed by atoms with Gasteiger partial charge in [0.05, 0.1) is 12.6 Å². The van der Waals surface area contributed by atoms with E-state index in [0.29, 0.717) is 6.54 Å². The fourth-order valence-electron chi connectivity index (χ4n) is 1.66. The summed E-state index contributed by atoms with van der Waals surface area (Å²) in [5.41, 5.74) is 5.98. The molecule has 15 heavy (non-hydrogen) atoms. The number of aliphatic hydroxyl groups is 1. The van der Waals surface area contributed by atoms with Gasteiger partial charge in [0.15, 0.2) is 0 Å². The van der Waals surface area contributed by atoms with Crippen molar-refractivity contribution in [2.24, 2.45) is 5.73 Å². The maximum absolute atomic E-state index is 8.93. The van der Waals surface area contributed by atoms with Gasteiger partial charge < -0.3 is 10.8 Å². The predicted molar refractivity (Wildman–Crippen MR) is 68.1 cm³/mol. The zero-order valence-corrected chi connectivity index (χ0v) is 11.4. The predicted octanol–water partition coefficient (Wildman–Crippen LogP) is 1.82. The summed E-state index contributed by atoms with van der Waals surface area (Å²) in [6.45, 7) is 2.79. The Hall–Kier alpha value is 0.0600. The SMILES string of the molecule is CC(N)C(c1cc(Br)cs1)N(C)CCO. The zero-order chi connectivity index (χ0) is 11.4. The second-order valence-corrected chi connectivity index (χ2v) is 5.53. The van der Waals surface area contributed by atoms with Crippen molar-refractivity contribution >= 4 is 27.3 Å². The van der Waals surface area contributed by atoms with E-state index in [-0.39, 0.29) is 18.7 Å². The molecule has 0 bridgehead atoms. The van der Waals surface area contributed by atoms with Gasteiger partial charge in [0, 0.05) is 27.3 Å². The molecule has 0 radical (unpaired) electrons. The third kappa shape index (κ3) is 3.53. The van der Waals surface area contributed by atoms with Crippen LogP contribution in [0.1, 0.15) is 17.8 Å². The van der Waals surface area contributed by atoms with Gasteiger partial charge in [-0.2, -0.15) is 0 Å². The first-order valence-electron chi connectivity index (χ1n) is 4.87. The highest BCUT2D eigenvalue weighted by Crippen LogP contribution is 2.30. The van der Waals surface area contributed by atoms with Gasteiger partial charge >= 0.3 is 0 Å². The molecule has 1 aromatic rings. The van der Waals surface area contributed by atoms with Crippen LogP contribution in [0.15, 0.2) is 15.9 Å². The monoisotopic (exact) mass is 292 g/mol. The molecule has 1 heterocycles. The van der Waals surface area contributed by atoms with Crippen LogP contribution < -0.4 is 5.73 Å². The number of nitrogens with zero attached hydrogens (tertiary/aromatic N) is 1. The molecule has 86 valence electrons. The van der Waals surface area contributed by atoms with E-state index in [2.05, 4.69) is 32.3 Å². The van der Waals surface area contributed by atoms with Gasteiger partial charge in [-0.15, -0.1) is 11.3 Å². The lowest BCUT2D eigenvalue weighted by Gasteiger charge is -2.29. The van der Waals surface area contributed by atoms with Crippen LogP contribution in [0.3, 0.4) is 0 Å². The van der Waals surface area contributed by atoms with Crippen LogP contribution in [0.2, 0.25) is 0 Å². The quantitative estimate of drug-likeness (QED) is 0.870. The summed E-state index contributed by atoms with van der Waals surface area (Å²) >= 11 is 5.13. The van der Waals surface area contributed by atoms with Gasteiger partial charge in [0.1, 0.15) is 0 Å². The lowest BCUT2D eigenvalue weighted by atomic mass is 10.1. The maximum Gasteiger partial charge on any atom is 0.0589 e. The summed E-state index contributed by atoms with van der Waals surface area (Å²) in [4.78, 5) is 3.32. The summed E-state index contributed by atoms with van der Waals surface area (Å²) in [7, 11) is 1.98. The normalized spacial score (nSPS) is 15.6. The molecule has 0 saturated heterocycles. The number of nitrogens with two attached hydrogens (primary N) is 1. The number of halogens is 1. The molecule has 5 heteroatoms. The molecular weight excluding hydrogens is 276 g/mol. The third-order valence-electron chi connectivity index (χ3n) is 2.30. The lowest BCUT2D eigenvalue weighted by Crippen LogP contribution is -2.38. The van der Waals surface area contributed by atoms with Gasteiger partial charge in [-0.05, 0) is 36.0 Å². The van der Waals surface area contributed by atoms with Crippen molar-refractivity contribution in [2.45, 2.75) is 19.0 Å². The Balaban J connectivity index is 2.82. The first-order valence-corrected chi connectivity index (χ1v) is 6.54. The lowest BCUT2D eigenvalue weighted by molar-refractivity contribution is 0.169. The topological polar surface area (TPSA) is 49.5 Å². The zero-order valence-electron chi connectivity index (χ0n) is 8.98. The number of rotatable bonds is 5. The minimum atomic E-state index is 0.0482. The van der Waals surface area contributed by atoms with Gasteiger partial charge in [-0.3, -0.25) is 4.90 Å². The molecule has 0 aliphatic rings. The first kappa shape index (κ1) is 13.1. The van der Waals surface area contributed by atoms with E-state index in [1.165, 1.54) is 4.88 Å². The van der Waals surface area contributed by atoms with Gasteiger partial charge in [0.25, 0.3) is 0 Å². The summed E-state index contributed by atoms with van der Waals surface area (Å²) in [6, 6.07) is 2.31. The number of thiophene rings is 1. The van der Waals surface area contributed by atoms with E-state index < -0.39 is 0 Å². The van der Waals surface area contributed by atoms with E-state index >= 15 is 0 Å². The van der Waals surface area contributed by atoms with E-state index in [1.807, 2.05) is 14.0 Å². The van der Waals surface area contributed by atoms with Crippen LogP contribution in [0.25, 0.3) is 0 Å². The van der Waals surface area contributed by atoms with Gasteiger partial charge in [-0.1, -0.05) is 0 Å². The van der Waals surface area contributed by atoms with Crippen LogP contribution in [-0.4, -0.2) is 36.2 Å². The van der Waals surface area contributed by atoms with E-state index in [9.17, 15) is 0 Å².